The maximum atomic E-state index is 14.1. The molecule has 0 aromatic carbocycles. The lowest BCUT2D eigenvalue weighted by atomic mass is 9.63. The van der Waals surface area contributed by atoms with Gasteiger partial charge in [-0.2, -0.15) is 26.3 Å². The van der Waals surface area contributed by atoms with Gasteiger partial charge >= 0.3 is 12.4 Å². The van der Waals surface area contributed by atoms with E-state index in [1.54, 1.807) is 45.9 Å². The first-order valence-electron chi connectivity index (χ1n) is 8.58. The van der Waals surface area contributed by atoms with Crippen molar-refractivity contribution >= 4 is 0 Å². The van der Waals surface area contributed by atoms with Gasteiger partial charge in [0, 0.05) is 0 Å². The van der Waals surface area contributed by atoms with Crippen molar-refractivity contribution in [1.82, 2.24) is 0 Å². The minimum Gasteiger partial charge on any atom is -0.170 e. The minimum atomic E-state index is -5.43. The van der Waals surface area contributed by atoms with E-state index in [2.05, 4.69) is 0 Å². The molecule has 0 aliphatic heterocycles. The third-order valence-corrected chi connectivity index (χ3v) is 5.63. The number of rotatable bonds is 3. The van der Waals surface area contributed by atoms with Crippen LogP contribution in [0.15, 0.2) is 47.6 Å². The second kappa shape index (κ2) is 6.61. The Kier molecular flexibility index (Phi) is 5.30. The first-order valence-corrected chi connectivity index (χ1v) is 8.58. The van der Waals surface area contributed by atoms with Crippen LogP contribution in [0.4, 0.5) is 26.3 Å². The molecular formula is C20H24F6. The molecule has 0 fully saturated rings. The quantitative estimate of drug-likeness (QED) is 0.457. The zero-order valence-electron chi connectivity index (χ0n) is 15.3. The van der Waals surface area contributed by atoms with E-state index in [1.807, 2.05) is 0 Å². The van der Waals surface area contributed by atoms with E-state index in [9.17, 15) is 26.3 Å². The van der Waals surface area contributed by atoms with Gasteiger partial charge in [0.15, 0.2) is 5.41 Å². The van der Waals surface area contributed by atoms with Gasteiger partial charge in [-0.3, -0.25) is 0 Å². The van der Waals surface area contributed by atoms with Crippen LogP contribution >= 0.6 is 0 Å². The van der Waals surface area contributed by atoms with Crippen molar-refractivity contribution in [3.63, 3.8) is 0 Å². The summed E-state index contributed by atoms with van der Waals surface area (Å²) in [4.78, 5) is 0. The van der Waals surface area contributed by atoms with Crippen LogP contribution in [-0.2, 0) is 0 Å². The molecule has 0 aromatic rings. The van der Waals surface area contributed by atoms with Crippen LogP contribution in [0, 0.1) is 22.7 Å². The summed E-state index contributed by atoms with van der Waals surface area (Å²) in [5.41, 5.74) is -4.41. The Morgan fingerprint density at radius 2 is 1.58 bits per heavy atom. The molecule has 0 amide bonds. The molecule has 2 aliphatic rings. The third kappa shape index (κ3) is 3.65. The summed E-state index contributed by atoms with van der Waals surface area (Å²) < 4.78 is 84.4. The summed E-state index contributed by atoms with van der Waals surface area (Å²) in [5.74, 6) is -1.21. The molecule has 0 bridgehead atoms. The zero-order valence-corrected chi connectivity index (χ0v) is 15.3. The van der Waals surface area contributed by atoms with Crippen LogP contribution in [0.2, 0.25) is 0 Å². The van der Waals surface area contributed by atoms with Crippen LogP contribution in [0.25, 0.3) is 0 Å². The van der Waals surface area contributed by atoms with Gasteiger partial charge < -0.3 is 0 Å². The highest BCUT2D eigenvalue weighted by Gasteiger charge is 2.72. The van der Waals surface area contributed by atoms with Crippen LogP contribution in [-0.4, -0.2) is 12.4 Å². The van der Waals surface area contributed by atoms with Gasteiger partial charge in [-0.05, 0) is 42.6 Å². The molecule has 0 N–H and O–H groups in total. The summed E-state index contributed by atoms with van der Waals surface area (Å²) in [6.45, 7) is 6.69. The topological polar surface area (TPSA) is 0 Å². The molecule has 0 spiro atoms. The van der Waals surface area contributed by atoms with Crippen molar-refractivity contribution in [3.8, 4) is 0 Å². The predicted octanol–water partition coefficient (Wildman–Crippen LogP) is 7.17. The van der Waals surface area contributed by atoms with Gasteiger partial charge in [0.05, 0.1) is 0 Å². The highest BCUT2D eigenvalue weighted by molar-refractivity contribution is 5.33. The van der Waals surface area contributed by atoms with Crippen molar-refractivity contribution in [2.75, 3.05) is 0 Å². The zero-order chi connectivity index (χ0) is 20.0. The normalized spacial score (nSPS) is 26.5. The molecule has 0 nitrogen and oxygen atoms in total. The van der Waals surface area contributed by atoms with Gasteiger partial charge in [-0.1, -0.05) is 62.8 Å². The van der Waals surface area contributed by atoms with Crippen molar-refractivity contribution < 1.29 is 26.3 Å². The largest absolute Gasteiger partial charge is 0.406 e. The molecule has 0 radical (unpaired) electrons. The molecule has 0 saturated heterocycles. The van der Waals surface area contributed by atoms with E-state index < -0.39 is 41.1 Å². The summed E-state index contributed by atoms with van der Waals surface area (Å²) in [6, 6.07) is 0. The highest BCUT2D eigenvalue weighted by atomic mass is 19.4. The Bertz CT molecular complexity index is 641. The van der Waals surface area contributed by atoms with Crippen molar-refractivity contribution in [3.05, 3.63) is 47.6 Å². The van der Waals surface area contributed by atoms with Crippen LogP contribution in [0.3, 0.4) is 0 Å². The average molecular weight is 378 g/mol. The molecule has 2 aliphatic carbocycles. The number of alkyl halides is 6. The van der Waals surface area contributed by atoms with Gasteiger partial charge in [0.25, 0.3) is 0 Å². The first-order chi connectivity index (χ1) is 11.7. The van der Waals surface area contributed by atoms with Crippen molar-refractivity contribution in [2.45, 2.75) is 52.9 Å². The second-order valence-electron chi connectivity index (χ2n) is 8.07. The van der Waals surface area contributed by atoms with Gasteiger partial charge in [0.2, 0.25) is 0 Å². The Balaban J connectivity index is 2.59. The van der Waals surface area contributed by atoms with Crippen LogP contribution in [0.5, 0.6) is 0 Å². The smallest absolute Gasteiger partial charge is 0.170 e. The fourth-order valence-electron chi connectivity index (χ4n) is 3.82. The Hall–Kier alpha value is -1.46. The summed E-state index contributed by atoms with van der Waals surface area (Å²) in [5, 5.41) is 0. The van der Waals surface area contributed by atoms with E-state index in [0.717, 1.165) is 11.6 Å². The molecule has 146 valence electrons. The van der Waals surface area contributed by atoms with E-state index >= 15 is 0 Å². The lowest BCUT2D eigenvalue weighted by molar-refractivity contribution is -0.331. The molecule has 2 unspecified atom stereocenters. The number of hydrogen-bond acceptors (Lipinski definition) is 0. The van der Waals surface area contributed by atoms with Crippen LogP contribution in [0.1, 0.15) is 40.5 Å². The Morgan fingerprint density at radius 1 is 1.00 bits per heavy atom. The molecule has 2 rings (SSSR count). The molecular weight excluding hydrogens is 354 g/mol. The van der Waals surface area contributed by atoms with E-state index in [1.165, 1.54) is 12.2 Å². The highest BCUT2D eigenvalue weighted by Crippen LogP contribution is 2.61. The number of allylic oxidation sites excluding steroid dienone is 8. The predicted molar refractivity (Wildman–Crippen MR) is 90.3 cm³/mol. The fraction of sp³-hybridized carbons (Fsp3) is 0.600. The average Bonchev–Trinajstić information content (AvgIpc) is 2.45. The summed E-state index contributed by atoms with van der Waals surface area (Å²) in [6.07, 6.45) is -3.45. The molecule has 0 aromatic heterocycles. The maximum Gasteiger partial charge on any atom is 0.406 e. The van der Waals surface area contributed by atoms with E-state index in [4.69, 9.17) is 0 Å². The molecule has 2 atom stereocenters. The minimum absolute atomic E-state index is 0.276. The summed E-state index contributed by atoms with van der Waals surface area (Å²) >= 11 is 0. The van der Waals surface area contributed by atoms with E-state index in [-0.39, 0.29) is 12.3 Å². The lowest BCUT2D eigenvalue weighted by Crippen LogP contribution is -2.53. The molecule has 0 heterocycles. The summed E-state index contributed by atoms with van der Waals surface area (Å²) in [7, 11) is 0. The molecule has 6 heteroatoms. The van der Waals surface area contributed by atoms with Crippen molar-refractivity contribution in [1.29, 1.82) is 0 Å². The van der Waals surface area contributed by atoms with E-state index in [0.29, 0.717) is 0 Å². The SMILES string of the molecule is CC1=CC=CC(CC(C2=CC=CC(C)(C)C2)(C(F)(F)F)C(F)(F)F)C1C. The van der Waals surface area contributed by atoms with Gasteiger partial charge in [-0.15, -0.1) is 0 Å². The fourth-order valence-corrected chi connectivity index (χ4v) is 3.82. The standard InChI is InChI=1S/C20H24F6/c1-13-7-5-8-15(14(13)2)11-18(19(21,22)23,20(24,25)26)16-9-6-10-17(3,4)12-16/h5-10,14-15H,11-12H2,1-4H3. The lowest BCUT2D eigenvalue weighted by Gasteiger charge is -2.44. The maximum absolute atomic E-state index is 14.1. The van der Waals surface area contributed by atoms with Crippen LogP contribution < -0.4 is 0 Å². The van der Waals surface area contributed by atoms with Crippen molar-refractivity contribution in [2.24, 2.45) is 22.7 Å². The van der Waals surface area contributed by atoms with Gasteiger partial charge in [0.1, 0.15) is 0 Å². The number of halogens is 6. The second-order valence-corrected chi connectivity index (χ2v) is 8.07. The third-order valence-electron chi connectivity index (χ3n) is 5.63. The van der Waals surface area contributed by atoms with Gasteiger partial charge in [-0.25, -0.2) is 0 Å². The first kappa shape index (κ1) is 20.8. The number of hydrogen-bond donors (Lipinski definition) is 0. The Morgan fingerprint density at radius 3 is 2.08 bits per heavy atom. The molecule has 26 heavy (non-hydrogen) atoms. The molecule has 0 saturated carbocycles. The monoisotopic (exact) mass is 378 g/mol. The Labute approximate surface area is 150 Å².